The third kappa shape index (κ3) is 4.87. The van der Waals surface area contributed by atoms with Crippen molar-refractivity contribution in [1.29, 1.82) is 0 Å². The molecule has 0 radical (unpaired) electrons. The van der Waals surface area contributed by atoms with E-state index in [4.69, 9.17) is 4.74 Å². The number of carbonyl (C=O) groups excluding carboxylic acids is 2. The second kappa shape index (κ2) is 10.3. The summed E-state index contributed by atoms with van der Waals surface area (Å²) in [6.07, 6.45) is 0. The van der Waals surface area contributed by atoms with Crippen molar-refractivity contribution in [3.63, 3.8) is 0 Å². The number of thioether (sulfide) groups is 1. The highest BCUT2D eigenvalue weighted by atomic mass is 32.2. The van der Waals surface area contributed by atoms with Crippen LogP contribution in [0.25, 0.3) is 21.8 Å². The van der Waals surface area contributed by atoms with Crippen LogP contribution in [-0.4, -0.2) is 39.5 Å². The van der Waals surface area contributed by atoms with E-state index in [-0.39, 0.29) is 11.7 Å². The highest BCUT2D eigenvalue weighted by molar-refractivity contribution is 7.99. The predicted molar refractivity (Wildman–Crippen MR) is 134 cm³/mol. The highest BCUT2D eigenvalue weighted by Gasteiger charge is 2.25. The minimum absolute atomic E-state index is 0.140. The van der Waals surface area contributed by atoms with Crippen molar-refractivity contribution in [2.45, 2.75) is 25.5 Å². The van der Waals surface area contributed by atoms with Crippen molar-refractivity contribution in [2.24, 2.45) is 0 Å². The van der Waals surface area contributed by atoms with Gasteiger partial charge in [0.1, 0.15) is 10.6 Å². The van der Waals surface area contributed by atoms with Crippen molar-refractivity contribution in [2.75, 3.05) is 18.2 Å². The zero-order valence-corrected chi connectivity index (χ0v) is 20.8. The Hall–Kier alpha value is -2.95. The first kappa shape index (κ1) is 23.2. The van der Waals surface area contributed by atoms with Gasteiger partial charge < -0.3 is 14.6 Å². The average molecular weight is 499 g/mol. The molecule has 0 fully saturated rings. The first-order valence-corrected chi connectivity index (χ1v) is 12.9. The number of nitrogens with zero attached hydrogens (tertiary/aromatic N) is 3. The number of rotatable bonds is 8. The van der Waals surface area contributed by atoms with Gasteiger partial charge in [-0.2, -0.15) is 0 Å². The van der Waals surface area contributed by atoms with Gasteiger partial charge in [0.05, 0.1) is 17.7 Å². The SMILES string of the molecule is CCn1c(SCC(=O)Nc2sc(C)c(-c3ccccc3)c2C(=O)OC)nnc1-c1cccs1. The molecular formula is C23H22N4O3S3. The number of thiophene rings is 2. The Labute approximate surface area is 203 Å². The fourth-order valence-corrected chi connectivity index (χ4v) is 6.04. The van der Waals surface area contributed by atoms with Crippen LogP contribution in [0.1, 0.15) is 22.2 Å². The molecule has 0 aliphatic carbocycles. The fourth-order valence-electron chi connectivity index (χ4n) is 3.44. The van der Waals surface area contributed by atoms with Gasteiger partial charge in [0.2, 0.25) is 5.91 Å². The van der Waals surface area contributed by atoms with Crippen LogP contribution in [0.4, 0.5) is 5.00 Å². The van der Waals surface area contributed by atoms with E-state index in [0.717, 1.165) is 26.7 Å². The van der Waals surface area contributed by atoms with Crippen LogP contribution >= 0.6 is 34.4 Å². The van der Waals surface area contributed by atoms with E-state index in [1.54, 1.807) is 11.3 Å². The topological polar surface area (TPSA) is 86.1 Å². The van der Waals surface area contributed by atoms with Gasteiger partial charge >= 0.3 is 5.97 Å². The molecule has 3 heterocycles. The summed E-state index contributed by atoms with van der Waals surface area (Å²) in [4.78, 5) is 27.4. The molecule has 0 saturated carbocycles. The van der Waals surface area contributed by atoms with E-state index >= 15 is 0 Å². The van der Waals surface area contributed by atoms with Crippen LogP contribution in [0.2, 0.25) is 0 Å². The van der Waals surface area contributed by atoms with Gasteiger partial charge in [0.15, 0.2) is 11.0 Å². The van der Waals surface area contributed by atoms with Crippen molar-refractivity contribution in [3.05, 3.63) is 58.3 Å². The standard InChI is InChI=1S/C23H22N4O3S3/c1-4-27-20(16-11-8-12-31-16)25-26-23(27)32-13-17(28)24-21-19(22(29)30-3)18(14(2)33-21)15-9-6-5-7-10-15/h5-12H,4,13H2,1-3H3,(H,24,28). The number of nitrogens with one attached hydrogen (secondary N) is 1. The monoisotopic (exact) mass is 498 g/mol. The van der Waals surface area contributed by atoms with Gasteiger partial charge in [-0.1, -0.05) is 48.2 Å². The smallest absolute Gasteiger partial charge is 0.341 e. The van der Waals surface area contributed by atoms with Crippen LogP contribution in [0, 0.1) is 6.92 Å². The van der Waals surface area contributed by atoms with Crippen molar-refractivity contribution in [3.8, 4) is 21.8 Å². The van der Waals surface area contributed by atoms with Gasteiger partial charge in [-0.15, -0.1) is 32.9 Å². The molecule has 0 bridgehead atoms. The minimum atomic E-state index is -0.479. The number of hydrogen-bond acceptors (Lipinski definition) is 8. The number of carbonyl (C=O) groups is 2. The van der Waals surface area contributed by atoms with Gasteiger partial charge in [0.25, 0.3) is 0 Å². The third-order valence-corrected chi connectivity index (χ3v) is 7.75. The van der Waals surface area contributed by atoms with E-state index in [1.807, 2.05) is 66.3 Å². The lowest BCUT2D eigenvalue weighted by molar-refractivity contribution is -0.113. The number of anilines is 1. The number of esters is 1. The molecule has 0 atom stereocenters. The molecule has 0 aliphatic rings. The predicted octanol–water partition coefficient (Wildman–Crippen LogP) is 5.58. The summed E-state index contributed by atoms with van der Waals surface area (Å²) < 4.78 is 7.01. The molecule has 0 saturated heterocycles. The number of amides is 1. The van der Waals surface area contributed by atoms with Crippen LogP contribution < -0.4 is 5.32 Å². The molecule has 7 nitrogen and oxygen atoms in total. The summed E-state index contributed by atoms with van der Waals surface area (Å²) in [5, 5.41) is 14.6. The zero-order chi connectivity index (χ0) is 23.4. The lowest BCUT2D eigenvalue weighted by Gasteiger charge is -2.09. The summed E-state index contributed by atoms with van der Waals surface area (Å²) in [5.74, 6) is 0.229. The normalized spacial score (nSPS) is 10.9. The maximum Gasteiger partial charge on any atom is 0.341 e. The highest BCUT2D eigenvalue weighted by Crippen LogP contribution is 2.40. The molecule has 1 aromatic carbocycles. The van der Waals surface area contributed by atoms with E-state index in [2.05, 4.69) is 15.5 Å². The lowest BCUT2D eigenvalue weighted by Crippen LogP contribution is -2.16. The maximum atomic E-state index is 12.8. The largest absolute Gasteiger partial charge is 0.465 e. The van der Waals surface area contributed by atoms with Crippen LogP contribution in [0.15, 0.2) is 53.0 Å². The van der Waals surface area contributed by atoms with Crippen LogP contribution in [0.3, 0.4) is 0 Å². The molecule has 0 spiro atoms. The Balaban J connectivity index is 1.53. The minimum Gasteiger partial charge on any atom is -0.465 e. The van der Waals surface area contributed by atoms with Gasteiger partial charge in [-0.3, -0.25) is 4.79 Å². The summed E-state index contributed by atoms with van der Waals surface area (Å²) in [5.41, 5.74) is 2.06. The molecule has 33 heavy (non-hydrogen) atoms. The first-order chi connectivity index (χ1) is 16.0. The molecule has 4 aromatic rings. The second-order valence-electron chi connectivity index (χ2n) is 6.96. The number of hydrogen-bond donors (Lipinski definition) is 1. The van der Waals surface area contributed by atoms with Crippen molar-refractivity contribution in [1.82, 2.24) is 14.8 Å². The number of methoxy groups -OCH3 is 1. The van der Waals surface area contributed by atoms with Gasteiger partial charge in [-0.25, -0.2) is 4.79 Å². The summed E-state index contributed by atoms with van der Waals surface area (Å²) >= 11 is 4.28. The first-order valence-electron chi connectivity index (χ1n) is 10.2. The summed E-state index contributed by atoms with van der Waals surface area (Å²) in [6.45, 7) is 4.65. The maximum absolute atomic E-state index is 12.8. The van der Waals surface area contributed by atoms with E-state index < -0.39 is 5.97 Å². The van der Waals surface area contributed by atoms with Crippen molar-refractivity contribution >= 4 is 51.3 Å². The number of aromatic nitrogens is 3. The molecule has 1 N–H and O–H groups in total. The molecule has 170 valence electrons. The molecular weight excluding hydrogens is 476 g/mol. The van der Waals surface area contributed by atoms with Gasteiger partial charge in [-0.05, 0) is 30.9 Å². The van der Waals surface area contributed by atoms with Crippen molar-refractivity contribution < 1.29 is 14.3 Å². The Morgan fingerprint density at radius 1 is 1.15 bits per heavy atom. The number of aryl methyl sites for hydroxylation is 1. The molecule has 10 heteroatoms. The molecule has 1 amide bonds. The van der Waals surface area contributed by atoms with E-state index in [1.165, 1.54) is 30.2 Å². The van der Waals surface area contributed by atoms with Crippen LogP contribution in [-0.2, 0) is 16.1 Å². The summed E-state index contributed by atoms with van der Waals surface area (Å²) in [7, 11) is 1.34. The Kier molecular flexibility index (Phi) is 7.26. The lowest BCUT2D eigenvalue weighted by atomic mass is 10.0. The Bertz CT molecular complexity index is 1260. The van der Waals surface area contributed by atoms with Gasteiger partial charge in [0, 0.05) is 17.0 Å². The summed E-state index contributed by atoms with van der Waals surface area (Å²) in [6, 6.07) is 13.6. The molecule has 4 rings (SSSR count). The van der Waals surface area contributed by atoms with E-state index in [9.17, 15) is 9.59 Å². The molecule has 3 aromatic heterocycles. The number of ether oxygens (including phenoxy) is 1. The average Bonchev–Trinajstić information content (AvgIpc) is 3.56. The number of benzene rings is 1. The molecule has 0 aliphatic heterocycles. The third-order valence-electron chi connectivity index (χ3n) is 4.90. The quantitative estimate of drug-likeness (QED) is 0.252. The fraction of sp³-hybridized carbons (Fsp3) is 0.217. The van der Waals surface area contributed by atoms with Crippen LogP contribution in [0.5, 0.6) is 0 Å². The Morgan fingerprint density at radius 3 is 2.61 bits per heavy atom. The molecule has 0 unspecified atom stereocenters. The Morgan fingerprint density at radius 2 is 1.94 bits per heavy atom. The second-order valence-corrected chi connectivity index (χ2v) is 10.1. The zero-order valence-electron chi connectivity index (χ0n) is 18.3. The van der Waals surface area contributed by atoms with E-state index in [0.29, 0.717) is 22.3 Å².